The molecule has 168 valence electrons. The summed E-state index contributed by atoms with van der Waals surface area (Å²) >= 11 is 0. The van der Waals surface area contributed by atoms with Crippen molar-refractivity contribution in [1.82, 2.24) is 15.1 Å². The topological polar surface area (TPSA) is 61.9 Å². The molecule has 4 heterocycles. The molecule has 3 fully saturated rings. The van der Waals surface area contributed by atoms with Gasteiger partial charge in [-0.05, 0) is 79.2 Å². The zero-order valence-electron chi connectivity index (χ0n) is 18.2. The highest BCUT2D eigenvalue weighted by Gasteiger charge is 2.38. The van der Waals surface area contributed by atoms with Crippen LogP contribution in [0, 0.1) is 11.7 Å². The van der Waals surface area contributed by atoms with E-state index in [1.165, 1.54) is 19.2 Å². The van der Waals surface area contributed by atoms with E-state index in [4.69, 9.17) is 4.74 Å². The number of carbonyl (C=O) groups excluding carboxylic acids is 2. The number of benzene rings is 2. The van der Waals surface area contributed by atoms with Gasteiger partial charge in [0.25, 0.3) is 0 Å². The van der Waals surface area contributed by atoms with Crippen LogP contribution in [0.25, 0.3) is 0 Å². The number of halogens is 1. The predicted octanol–water partition coefficient (Wildman–Crippen LogP) is 3.36. The highest BCUT2D eigenvalue weighted by atomic mass is 19.1. The third-order valence-electron chi connectivity index (χ3n) is 7.20. The van der Waals surface area contributed by atoms with Gasteiger partial charge in [0.1, 0.15) is 5.82 Å². The molecule has 3 saturated heterocycles. The molecule has 2 atom stereocenters. The SMILES string of the molecule is COC(=O)c1ccc2c(c1)CCN(C(=O)N[C@@H]1CN3CCC1CC3)[C@@H]2c1ccc(F)cc1. The van der Waals surface area contributed by atoms with Crippen molar-refractivity contribution in [1.29, 1.82) is 0 Å². The number of nitrogens with one attached hydrogen (secondary N) is 1. The maximum absolute atomic E-state index is 13.6. The molecule has 6 rings (SSSR count). The number of urea groups is 1. The first-order valence-electron chi connectivity index (χ1n) is 11.3. The van der Waals surface area contributed by atoms with Crippen LogP contribution in [0.2, 0.25) is 0 Å². The molecule has 1 N–H and O–H groups in total. The summed E-state index contributed by atoms with van der Waals surface area (Å²) in [5, 5.41) is 3.30. The fourth-order valence-electron chi connectivity index (χ4n) is 5.47. The maximum Gasteiger partial charge on any atom is 0.337 e. The zero-order chi connectivity index (χ0) is 22.2. The van der Waals surface area contributed by atoms with Crippen LogP contribution in [-0.2, 0) is 11.2 Å². The first kappa shape index (κ1) is 20.9. The summed E-state index contributed by atoms with van der Waals surface area (Å²) < 4.78 is 18.5. The molecule has 2 aromatic rings. The molecular formula is C25H28FN3O3. The van der Waals surface area contributed by atoms with Crippen molar-refractivity contribution < 1.29 is 18.7 Å². The van der Waals surface area contributed by atoms with Gasteiger partial charge in [-0.1, -0.05) is 18.2 Å². The molecule has 6 nitrogen and oxygen atoms in total. The van der Waals surface area contributed by atoms with Gasteiger partial charge >= 0.3 is 12.0 Å². The van der Waals surface area contributed by atoms with E-state index in [0.717, 1.165) is 49.2 Å². The molecule has 7 heteroatoms. The molecule has 0 aromatic heterocycles. The smallest absolute Gasteiger partial charge is 0.337 e. The number of esters is 1. The zero-order valence-corrected chi connectivity index (χ0v) is 18.2. The van der Waals surface area contributed by atoms with Crippen molar-refractivity contribution in [2.45, 2.75) is 31.3 Å². The van der Waals surface area contributed by atoms with Crippen LogP contribution in [0.4, 0.5) is 9.18 Å². The van der Waals surface area contributed by atoms with Crippen LogP contribution in [0.3, 0.4) is 0 Å². The van der Waals surface area contributed by atoms with Gasteiger partial charge in [0.15, 0.2) is 0 Å². The van der Waals surface area contributed by atoms with Gasteiger partial charge in [-0.3, -0.25) is 0 Å². The number of hydrogen-bond acceptors (Lipinski definition) is 4. The second kappa shape index (κ2) is 8.54. The van der Waals surface area contributed by atoms with E-state index in [1.807, 2.05) is 17.0 Å². The van der Waals surface area contributed by atoms with Gasteiger partial charge < -0.3 is 19.9 Å². The number of piperidine rings is 3. The van der Waals surface area contributed by atoms with Gasteiger partial charge in [-0.2, -0.15) is 0 Å². The van der Waals surface area contributed by atoms with Crippen LogP contribution < -0.4 is 5.32 Å². The summed E-state index contributed by atoms with van der Waals surface area (Å²) in [6.45, 7) is 3.67. The largest absolute Gasteiger partial charge is 0.465 e. The molecule has 0 unspecified atom stereocenters. The Kier molecular flexibility index (Phi) is 5.59. The Morgan fingerprint density at radius 1 is 1.06 bits per heavy atom. The normalized spacial score (nSPS) is 26.4. The monoisotopic (exact) mass is 437 g/mol. The molecule has 4 aliphatic heterocycles. The number of methoxy groups -OCH3 is 1. The Morgan fingerprint density at radius 3 is 2.47 bits per heavy atom. The Bertz CT molecular complexity index is 1020. The van der Waals surface area contributed by atoms with Gasteiger partial charge in [-0.25, -0.2) is 14.0 Å². The van der Waals surface area contributed by atoms with Crippen LogP contribution in [0.15, 0.2) is 42.5 Å². The van der Waals surface area contributed by atoms with Crippen molar-refractivity contribution in [3.63, 3.8) is 0 Å². The Balaban J connectivity index is 1.46. The van der Waals surface area contributed by atoms with Crippen LogP contribution in [0.5, 0.6) is 0 Å². The van der Waals surface area contributed by atoms with E-state index in [0.29, 0.717) is 24.4 Å². The van der Waals surface area contributed by atoms with Crippen molar-refractivity contribution in [3.8, 4) is 0 Å². The minimum absolute atomic E-state index is 0.0826. The summed E-state index contributed by atoms with van der Waals surface area (Å²) in [6, 6.07) is 11.5. The highest BCUT2D eigenvalue weighted by molar-refractivity contribution is 5.89. The molecular weight excluding hydrogens is 409 g/mol. The number of carbonyl (C=O) groups is 2. The Morgan fingerprint density at radius 2 is 1.81 bits per heavy atom. The first-order valence-corrected chi connectivity index (χ1v) is 11.3. The van der Waals surface area contributed by atoms with Crippen molar-refractivity contribution in [2.24, 2.45) is 5.92 Å². The standard InChI is InChI=1S/C25H28FN3O3/c1-32-24(30)19-4-7-21-18(14-19)10-13-29(23(21)17-2-5-20(26)6-3-17)25(31)27-22-15-28-11-8-16(22)9-12-28/h2-7,14,16,22-23H,8-13,15H2,1H3,(H,27,31)/t22-,23-/m1/s1. The summed E-state index contributed by atoms with van der Waals surface area (Å²) in [4.78, 5) is 29.7. The average molecular weight is 438 g/mol. The van der Waals surface area contributed by atoms with E-state index >= 15 is 0 Å². The molecule has 2 bridgehead atoms. The number of ether oxygens (including phenoxy) is 1. The van der Waals surface area contributed by atoms with E-state index in [2.05, 4.69) is 10.2 Å². The van der Waals surface area contributed by atoms with Crippen molar-refractivity contribution in [3.05, 3.63) is 70.5 Å². The second-order valence-electron chi connectivity index (χ2n) is 9.00. The third kappa shape index (κ3) is 3.86. The van der Waals surface area contributed by atoms with Gasteiger partial charge in [0, 0.05) is 19.1 Å². The number of hydrogen-bond donors (Lipinski definition) is 1. The lowest BCUT2D eigenvalue weighted by Crippen LogP contribution is -2.59. The minimum Gasteiger partial charge on any atom is -0.465 e. The fourth-order valence-corrected chi connectivity index (χ4v) is 5.47. The lowest BCUT2D eigenvalue weighted by molar-refractivity contribution is 0.0600. The van der Waals surface area contributed by atoms with Crippen LogP contribution in [-0.4, -0.2) is 61.1 Å². The number of nitrogens with zero attached hydrogens (tertiary/aromatic N) is 2. The predicted molar refractivity (Wildman–Crippen MR) is 118 cm³/mol. The molecule has 2 aromatic carbocycles. The van der Waals surface area contributed by atoms with Gasteiger partial charge in [0.05, 0.1) is 18.7 Å². The summed E-state index contributed by atoms with van der Waals surface area (Å²) in [5.41, 5.74) is 3.31. The number of rotatable bonds is 3. The fraction of sp³-hybridized carbons (Fsp3) is 0.440. The molecule has 0 spiro atoms. The Labute approximate surface area is 187 Å². The molecule has 0 aliphatic carbocycles. The van der Waals surface area contributed by atoms with E-state index in [9.17, 15) is 14.0 Å². The molecule has 4 aliphatic rings. The highest BCUT2D eigenvalue weighted by Crippen LogP contribution is 2.36. The second-order valence-corrected chi connectivity index (χ2v) is 9.00. The number of fused-ring (bicyclic) bond motifs is 4. The Hall–Kier alpha value is -2.93. The summed E-state index contributed by atoms with van der Waals surface area (Å²) in [5.74, 6) is -0.157. The van der Waals surface area contributed by atoms with Crippen molar-refractivity contribution in [2.75, 3.05) is 33.3 Å². The first-order chi connectivity index (χ1) is 15.5. The molecule has 2 amide bonds. The molecule has 0 radical (unpaired) electrons. The van der Waals surface area contributed by atoms with Crippen LogP contribution >= 0.6 is 0 Å². The van der Waals surface area contributed by atoms with Crippen LogP contribution in [0.1, 0.15) is 45.9 Å². The molecule has 0 saturated carbocycles. The summed E-state index contributed by atoms with van der Waals surface area (Å²) in [6.07, 6.45) is 2.91. The van der Waals surface area contributed by atoms with E-state index in [1.54, 1.807) is 18.2 Å². The van der Waals surface area contributed by atoms with Gasteiger partial charge in [0.2, 0.25) is 0 Å². The van der Waals surface area contributed by atoms with E-state index in [-0.39, 0.29) is 29.9 Å². The maximum atomic E-state index is 13.6. The average Bonchev–Trinajstić information content (AvgIpc) is 2.83. The lowest BCUT2D eigenvalue weighted by atomic mass is 9.84. The molecule has 32 heavy (non-hydrogen) atoms. The van der Waals surface area contributed by atoms with Gasteiger partial charge in [-0.15, -0.1) is 0 Å². The minimum atomic E-state index is -0.381. The summed E-state index contributed by atoms with van der Waals surface area (Å²) in [7, 11) is 1.36. The van der Waals surface area contributed by atoms with Crippen molar-refractivity contribution >= 4 is 12.0 Å². The lowest BCUT2D eigenvalue weighted by Gasteiger charge is -2.46. The van der Waals surface area contributed by atoms with E-state index < -0.39 is 0 Å². The quantitative estimate of drug-likeness (QED) is 0.748. The third-order valence-corrected chi connectivity index (χ3v) is 7.20. The number of amides is 2.